The van der Waals surface area contributed by atoms with Crippen molar-refractivity contribution < 1.29 is 13.6 Å². The molecule has 5 heteroatoms. The van der Waals surface area contributed by atoms with Crippen molar-refractivity contribution in [3.63, 3.8) is 0 Å². The third kappa shape index (κ3) is 2.97. The number of hydrogen-bond acceptors (Lipinski definition) is 2. The van der Waals surface area contributed by atoms with Gasteiger partial charge in [-0.2, -0.15) is 8.78 Å². The SMILES string of the molecule is O=C(c1ccccc1SC(F)F)N1CCCC1. The van der Waals surface area contributed by atoms with E-state index in [4.69, 9.17) is 0 Å². The van der Waals surface area contributed by atoms with Crippen LogP contribution in [0.3, 0.4) is 0 Å². The minimum Gasteiger partial charge on any atom is -0.339 e. The second-order valence-corrected chi connectivity index (χ2v) is 4.91. The van der Waals surface area contributed by atoms with Gasteiger partial charge in [-0.05, 0) is 25.0 Å². The molecule has 1 saturated heterocycles. The standard InChI is InChI=1S/C12H13F2NOS/c13-12(14)17-10-6-2-1-5-9(10)11(16)15-7-3-4-8-15/h1-2,5-6,12H,3-4,7-8H2. The van der Waals surface area contributed by atoms with Crippen molar-refractivity contribution in [2.75, 3.05) is 13.1 Å². The van der Waals surface area contributed by atoms with Gasteiger partial charge in [-0.15, -0.1) is 0 Å². The van der Waals surface area contributed by atoms with Crippen molar-refractivity contribution in [1.82, 2.24) is 4.90 Å². The van der Waals surface area contributed by atoms with Crippen LogP contribution >= 0.6 is 11.8 Å². The van der Waals surface area contributed by atoms with E-state index < -0.39 is 5.76 Å². The maximum absolute atomic E-state index is 12.4. The molecular formula is C12H13F2NOS. The highest BCUT2D eigenvalue weighted by Gasteiger charge is 2.22. The smallest absolute Gasteiger partial charge is 0.288 e. The molecule has 1 heterocycles. The predicted molar refractivity (Wildman–Crippen MR) is 63.4 cm³/mol. The normalized spacial score (nSPS) is 15.6. The van der Waals surface area contributed by atoms with Gasteiger partial charge < -0.3 is 4.90 Å². The van der Waals surface area contributed by atoms with Gasteiger partial charge >= 0.3 is 0 Å². The molecule has 1 aromatic carbocycles. The minimum absolute atomic E-state index is 0.133. The average molecular weight is 257 g/mol. The van der Waals surface area contributed by atoms with Crippen LogP contribution in [0.4, 0.5) is 8.78 Å². The first kappa shape index (κ1) is 12.4. The van der Waals surface area contributed by atoms with Crippen LogP contribution in [0.2, 0.25) is 0 Å². The van der Waals surface area contributed by atoms with Crippen LogP contribution in [0, 0.1) is 0 Å². The first-order valence-corrected chi connectivity index (χ1v) is 6.39. The molecule has 92 valence electrons. The average Bonchev–Trinajstić information content (AvgIpc) is 2.81. The van der Waals surface area contributed by atoms with Crippen LogP contribution in [-0.2, 0) is 0 Å². The van der Waals surface area contributed by atoms with E-state index in [-0.39, 0.29) is 5.91 Å². The zero-order valence-electron chi connectivity index (χ0n) is 9.23. The zero-order chi connectivity index (χ0) is 12.3. The lowest BCUT2D eigenvalue weighted by Crippen LogP contribution is -2.28. The Morgan fingerprint density at radius 3 is 2.53 bits per heavy atom. The van der Waals surface area contributed by atoms with Gasteiger partial charge in [0.05, 0.1) is 5.56 Å². The van der Waals surface area contributed by atoms with Gasteiger partial charge in [0.15, 0.2) is 0 Å². The van der Waals surface area contributed by atoms with E-state index in [2.05, 4.69) is 0 Å². The van der Waals surface area contributed by atoms with Crippen molar-refractivity contribution in [3.05, 3.63) is 29.8 Å². The van der Waals surface area contributed by atoms with Crippen LogP contribution in [-0.4, -0.2) is 29.7 Å². The van der Waals surface area contributed by atoms with E-state index >= 15 is 0 Å². The minimum atomic E-state index is -2.50. The lowest BCUT2D eigenvalue weighted by molar-refractivity contribution is 0.0789. The summed E-state index contributed by atoms with van der Waals surface area (Å²) in [4.78, 5) is 14.2. The lowest BCUT2D eigenvalue weighted by Gasteiger charge is -2.17. The van der Waals surface area contributed by atoms with E-state index in [9.17, 15) is 13.6 Å². The number of hydrogen-bond donors (Lipinski definition) is 0. The van der Waals surface area contributed by atoms with Crippen LogP contribution in [0.5, 0.6) is 0 Å². The Morgan fingerprint density at radius 1 is 1.24 bits per heavy atom. The van der Waals surface area contributed by atoms with E-state index in [1.54, 1.807) is 29.2 Å². The first-order chi connectivity index (χ1) is 8.18. The van der Waals surface area contributed by atoms with Crippen molar-refractivity contribution in [2.45, 2.75) is 23.5 Å². The zero-order valence-corrected chi connectivity index (χ0v) is 10.1. The molecule has 0 unspecified atom stereocenters. The molecule has 1 aromatic rings. The number of nitrogens with zero attached hydrogens (tertiary/aromatic N) is 1. The molecule has 1 amide bonds. The Morgan fingerprint density at radius 2 is 1.88 bits per heavy atom. The summed E-state index contributed by atoms with van der Waals surface area (Å²) < 4.78 is 24.8. The van der Waals surface area contributed by atoms with Gasteiger partial charge in [0.2, 0.25) is 0 Å². The first-order valence-electron chi connectivity index (χ1n) is 5.51. The molecule has 1 fully saturated rings. The van der Waals surface area contributed by atoms with E-state index in [0.29, 0.717) is 22.2 Å². The van der Waals surface area contributed by atoms with Crippen molar-refractivity contribution in [2.24, 2.45) is 0 Å². The van der Waals surface area contributed by atoms with Gasteiger partial charge in [-0.3, -0.25) is 4.79 Å². The number of rotatable bonds is 3. The molecule has 0 spiro atoms. The Balaban J connectivity index is 2.21. The highest BCUT2D eigenvalue weighted by Crippen LogP contribution is 2.29. The highest BCUT2D eigenvalue weighted by molar-refractivity contribution is 7.99. The van der Waals surface area contributed by atoms with Gasteiger partial charge in [0, 0.05) is 18.0 Å². The monoisotopic (exact) mass is 257 g/mol. The lowest BCUT2D eigenvalue weighted by atomic mass is 10.2. The van der Waals surface area contributed by atoms with Crippen LogP contribution < -0.4 is 0 Å². The van der Waals surface area contributed by atoms with Crippen LogP contribution in [0.15, 0.2) is 29.2 Å². The molecule has 0 bridgehead atoms. The summed E-state index contributed by atoms with van der Waals surface area (Å²) in [5.74, 6) is -2.63. The van der Waals surface area contributed by atoms with Crippen LogP contribution in [0.1, 0.15) is 23.2 Å². The van der Waals surface area contributed by atoms with Gasteiger partial charge in [-0.1, -0.05) is 23.9 Å². The van der Waals surface area contributed by atoms with Crippen LogP contribution in [0.25, 0.3) is 0 Å². The number of amides is 1. The molecule has 2 nitrogen and oxygen atoms in total. The number of carbonyl (C=O) groups excluding carboxylic acids is 1. The third-order valence-corrected chi connectivity index (χ3v) is 3.51. The number of carbonyl (C=O) groups is 1. The maximum atomic E-state index is 12.4. The summed E-state index contributed by atoms with van der Waals surface area (Å²) in [6, 6.07) is 6.57. The molecule has 0 aromatic heterocycles. The third-order valence-electron chi connectivity index (χ3n) is 2.73. The Labute approximate surface area is 103 Å². The fourth-order valence-electron chi connectivity index (χ4n) is 1.93. The quantitative estimate of drug-likeness (QED) is 0.775. The maximum Gasteiger partial charge on any atom is 0.288 e. The summed E-state index contributed by atoms with van der Waals surface area (Å²) in [6.45, 7) is 1.46. The topological polar surface area (TPSA) is 20.3 Å². The fraction of sp³-hybridized carbons (Fsp3) is 0.417. The van der Waals surface area contributed by atoms with Gasteiger partial charge in [0.1, 0.15) is 0 Å². The number of thioether (sulfide) groups is 1. The summed E-state index contributed by atoms with van der Waals surface area (Å²) in [7, 11) is 0. The highest BCUT2D eigenvalue weighted by atomic mass is 32.2. The molecule has 2 rings (SSSR count). The van der Waals surface area contributed by atoms with E-state index in [0.717, 1.165) is 25.9 Å². The number of benzene rings is 1. The molecule has 0 atom stereocenters. The van der Waals surface area contributed by atoms with E-state index in [1.807, 2.05) is 0 Å². The molecule has 0 radical (unpaired) electrons. The molecular weight excluding hydrogens is 244 g/mol. The van der Waals surface area contributed by atoms with Gasteiger partial charge in [0.25, 0.3) is 11.7 Å². The number of alkyl halides is 2. The molecule has 0 aliphatic carbocycles. The number of halogens is 2. The Kier molecular flexibility index (Phi) is 3.99. The Bertz CT molecular complexity index is 405. The van der Waals surface area contributed by atoms with Gasteiger partial charge in [-0.25, -0.2) is 0 Å². The second-order valence-electron chi connectivity index (χ2n) is 3.87. The molecule has 0 saturated carbocycles. The molecule has 0 N–H and O–H groups in total. The van der Waals surface area contributed by atoms with Crippen molar-refractivity contribution in [3.8, 4) is 0 Å². The van der Waals surface area contributed by atoms with Crippen molar-refractivity contribution in [1.29, 1.82) is 0 Å². The molecule has 1 aliphatic heterocycles. The van der Waals surface area contributed by atoms with Crippen molar-refractivity contribution >= 4 is 17.7 Å². The summed E-state index contributed by atoms with van der Waals surface area (Å²) in [6.07, 6.45) is 1.99. The fourth-order valence-corrected chi connectivity index (χ4v) is 2.56. The largest absolute Gasteiger partial charge is 0.339 e. The predicted octanol–water partition coefficient (Wildman–Crippen LogP) is 3.24. The molecule has 17 heavy (non-hydrogen) atoms. The summed E-state index contributed by atoms with van der Waals surface area (Å²) >= 11 is 0.431. The van der Waals surface area contributed by atoms with E-state index in [1.165, 1.54) is 0 Å². The number of likely N-dealkylation sites (tertiary alicyclic amines) is 1. The summed E-state index contributed by atoms with van der Waals surface area (Å²) in [5, 5.41) is 0. The molecule has 1 aliphatic rings. The summed E-state index contributed by atoms with van der Waals surface area (Å²) in [5.41, 5.74) is 0.389. The second kappa shape index (κ2) is 5.49. The Hall–Kier alpha value is -1.10.